The van der Waals surface area contributed by atoms with E-state index in [0.29, 0.717) is 18.3 Å². The van der Waals surface area contributed by atoms with E-state index >= 15 is 0 Å². The number of halogens is 2. The van der Waals surface area contributed by atoms with Gasteiger partial charge in [-0.25, -0.2) is 8.78 Å². The maximum atomic E-state index is 13.6. The fourth-order valence-corrected chi connectivity index (χ4v) is 2.43. The molecule has 1 aromatic heterocycles. The molecule has 0 radical (unpaired) electrons. The van der Waals surface area contributed by atoms with Crippen molar-refractivity contribution in [2.75, 3.05) is 6.54 Å². The molecule has 1 aromatic carbocycles. The summed E-state index contributed by atoms with van der Waals surface area (Å²) in [5, 5.41) is 3.81. The largest absolute Gasteiger partial charge is 0.340 e. The first kappa shape index (κ1) is 13.7. The Morgan fingerprint density at radius 3 is 2.90 bits per heavy atom. The first-order chi connectivity index (χ1) is 10.0. The second kappa shape index (κ2) is 5.23. The van der Waals surface area contributed by atoms with Crippen LogP contribution in [0, 0.1) is 18.6 Å². The predicted molar refractivity (Wildman–Crippen MR) is 68.2 cm³/mol. The molecule has 0 bridgehead atoms. The number of aromatic nitrogens is 2. The van der Waals surface area contributed by atoms with Gasteiger partial charge in [-0.1, -0.05) is 11.2 Å². The zero-order chi connectivity index (χ0) is 15.0. The molecule has 1 aliphatic rings. The number of carbonyl (C=O) groups is 1. The van der Waals surface area contributed by atoms with Crippen molar-refractivity contribution in [3.8, 4) is 0 Å². The van der Waals surface area contributed by atoms with Gasteiger partial charge in [0.1, 0.15) is 11.6 Å². The lowest BCUT2D eigenvalue weighted by atomic mass is 10.1. The Morgan fingerprint density at radius 2 is 2.24 bits per heavy atom. The molecule has 1 atom stereocenters. The Kier molecular flexibility index (Phi) is 3.40. The molecule has 21 heavy (non-hydrogen) atoms. The maximum Gasteiger partial charge on any atom is 0.223 e. The van der Waals surface area contributed by atoms with Crippen LogP contribution in [0.3, 0.4) is 0 Å². The average Bonchev–Trinajstić information content (AvgIpc) is 3.00. The lowest BCUT2D eigenvalue weighted by Gasteiger charge is -2.16. The molecule has 0 spiro atoms. The maximum absolute atomic E-state index is 13.6. The summed E-state index contributed by atoms with van der Waals surface area (Å²) in [4.78, 5) is 17.6. The van der Waals surface area contributed by atoms with Crippen LogP contribution < -0.4 is 0 Å². The molecule has 2 aromatic rings. The quantitative estimate of drug-likeness (QED) is 0.870. The van der Waals surface area contributed by atoms with E-state index in [4.69, 9.17) is 4.52 Å². The molecule has 2 heterocycles. The standard InChI is InChI=1S/C14H13F2N3O2/c1-8-17-14(18-21-8)10-4-13(20)19(7-10)6-9-2-3-11(15)5-12(9)16/h2-3,5,10H,4,6-7H2,1H3. The van der Waals surface area contributed by atoms with Gasteiger partial charge in [0.15, 0.2) is 5.82 Å². The van der Waals surface area contributed by atoms with Crippen molar-refractivity contribution in [3.05, 3.63) is 47.1 Å². The molecule has 1 unspecified atom stereocenters. The van der Waals surface area contributed by atoms with Gasteiger partial charge in [0.25, 0.3) is 0 Å². The number of carbonyl (C=O) groups excluding carboxylic acids is 1. The zero-order valence-electron chi connectivity index (χ0n) is 11.3. The summed E-state index contributed by atoms with van der Waals surface area (Å²) in [6.45, 7) is 2.19. The third kappa shape index (κ3) is 2.76. The lowest BCUT2D eigenvalue weighted by molar-refractivity contribution is -0.128. The van der Waals surface area contributed by atoms with Crippen LogP contribution in [0.5, 0.6) is 0 Å². The Balaban J connectivity index is 1.73. The monoisotopic (exact) mass is 293 g/mol. The van der Waals surface area contributed by atoms with Crippen LogP contribution in [0.2, 0.25) is 0 Å². The van der Waals surface area contributed by atoms with Gasteiger partial charge in [0.2, 0.25) is 11.8 Å². The summed E-state index contributed by atoms with van der Waals surface area (Å²) in [5.74, 6) is -0.612. The summed E-state index contributed by atoms with van der Waals surface area (Å²) in [6.07, 6.45) is 0.266. The number of hydrogen-bond donors (Lipinski definition) is 0. The smallest absolute Gasteiger partial charge is 0.223 e. The molecule has 3 rings (SSSR count). The molecule has 7 heteroatoms. The first-order valence-corrected chi connectivity index (χ1v) is 6.55. The highest BCUT2D eigenvalue weighted by atomic mass is 19.1. The van der Waals surface area contributed by atoms with Crippen LogP contribution >= 0.6 is 0 Å². The molecule has 1 amide bonds. The molecule has 0 aliphatic carbocycles. The van der Waals surface area contributed by atoms with Crippen LogP contribution in [0.4, 0.5) is 8.78 Å². The van der Waals surface area contributed by atoms with Crippen molar-refractivity contribution in [2.45, 2.75) is 25.8 Å². The molecule has 1 aliphatic heterocycles. The Hall–Kier alpha value is -2.31. The fourth-order valence-electron chi connectivity index (χ4n) is 2.43. The molecule has 110 valence electrons. The van der Waals surface area contributed by atoms with Gasteiger partial charge in [-0.05, 0) is 6.07 Å². The van der Waals surface area contributed by atoms with Gasteiger partial charge in [-0.2, -0.15) is 4.98 Å². The molecular weight excluding hydrogens is 280 g/mol. The van der Waals surface area contributed by atoms with Gasteiger partial charge in [-0.3, -0.25) is 4.79 Å². The lowest BCUT2D eigenvalue weighted by Crippen LogP contribution is -2.25. The van der Waals surface area contributed by atoms with Crippen molar-refractivity contribution < 1.29 is 18.1 Å². The summed E-state index contributed by atoms with van der Waals surface area (Å²) >= 11 is 0. The second-order valence-corrected chi connectivity index (χ2v) is 5.08. The fraction of sp³-hybridized carbons (Fsp3) is 0.357. The van der Waals surface area contributed by atoms with E-state index in [1.54, 1.807) is 6.92 Å². The van der Waals surface area contributed by atoms with E-state index in [9.17, 15) is 13.6 Å². The van der Waals surface area contributed by atoms with E-state index < -0.39 is 11.6 Å². The highest BCUT2D eigenvalue weighted by Crippen LogP contribution is 2.27. The third-order valence-corrected chi connectivity index (χ3v) is 3.50. The minimum absolute atomic E-state index is 0.105. The van der Waals surface area contributed by atoms with Crippen molar-refractivity contribution in [3.63, 3.8) is 0 Å². The highest BCUT2D eigenvalue weighted by Gasteiger charge is 2.33. The summed E-state index contributed by atoms with van der Waals surface area (Å²) in [7, 11) is 0. The van der Waals surface area contributed by atoms with E-state index in [2.05, 4.69) is 10.1 Å². The number of nitrogens with zero attached hydrogens (tertiary/aromatic N) is 3. The van der Waals surface area contributed by atoms with Crippen LogP contribution in [0.15, 0.2) is 22.7 Å². The van der Waals surface area contributed by atoms with E-state index in [-0.39, 0.29) is 30.4 Å². The van der Waals surface area contributed by atoms with Gasteiger partial charge < -0.3 is 9.42 Å². The molecule has 1 saturated heterocycles. The van der Waals surface area contributed by atoms with Crippen molar-refractivity contribution >= 4 is 5.91 Å². The van der Waals surface area contributed by atoms with Crippen LogP contribution in [-0.4, -0.2) is 27.5 Å². The minimum Gasteiger partial charge on any atom is -0.340 e. The van der Waals surface area contributed by atoms with Crippen molar-refractivity contribution in [2.24, 2.45) is 0 Å². The average molecular weight is 293 g/mol. The first-order valence-electron chi connectivity index (χ1n) is 6.55. The molecule has 0 N–H and O–H groups in total. The zero-order valence-corrected chi connectivity index (χ0v) is 11.3. The third-order valence-electron chi connectivity index (χ3n) is 3.50. The van der Waals surface area contributed by atoms with Crippen LogP contribution in [0.25, 0.3) is 0 Å². The normalized spacial score (nSPS) is 18.5. The van der Waals surface area contributed by atoms with E-state index in [0.717, 1.165) is 6.07 Å². The Morgan fingerprint density at radius 1 is 1.43 bits per heavy atom. The molecule has 5 nitrogen and oxygen atoms in total. The van der Waals surface area contributed by atoms with Crippen molar-refractivity contribution in [1.82, 2.24) is 15.0 Å². The molecule has 0 saturated carbocycles. The number of rotatable bonds is 3. The van der Waals surface area contributed by atoms with Gasteiger partial charge >= 0.3 is 0 Å². The molecule has 1 fully saturated rings. The van der Waals surface area contributed by atoms with Crippen molar-refractivity contribution in [1.29, 1.82) is 0 Å². The summed E-state index contributed by atoms with van der Waals surface area (Å²) in [5.41, 5.74) is 0.287. The van der Waals surface area contributed by atoms with Crippen LogP contribution in [-0.2, 0) is 11.3 Å². The number of likely N-dealkylation sites (tertiary alicyclic amines) is 1. The topological polar surface area (TPSA) is 59.2 Å². The molecular formula is C14H13F2N3O2. The van der Waals surface area contributed by atoms with E-state index in [1.807, 2.05) is 0 Å². The summed E-state index contributed by atoms with van der Waals surface area (Å²) in [6, 6.07) is 3.35. The number of hydrogen-bond acceptors (Lipinski definition) is 4. The van der Waals surface area contributed by atoms with Gasteiger partial charge in [0, 0.05) is 44.0 Å². The van der Waals surface area contributed by atoms with Gasteiger partial charge in [-0.15, -0.1) is 0 Å². The minimum atomic E-state index is -0.651. The number of amides is 1. The Labute approximate surface area is 119 Å². The SMILES string of the molecule is Cc1nc(C2CC(=O)N(Cc3ccc(F)cc3F)C2)no1. The number of benzene rings is 1. The van der Waals surface area contributed by atoms with E-state index in [1.165, 1.54) is 17.0 Å². The second-order valence-electron chi connectivity index (χ2n) is 5.08. The van der Waals surface area contributed by atoms with Crippen LogP contribution in [0.1, 0.15) is 29.6 Å². The number of aryl methyl sites for hydroxylation is 1. The predicted octanol–water partition coefficient (Wildman–Crippen LogP) is 2.17. The summed E-state index contributed by atoms with van der Waals surface area (Å²) < 4.78 is 31.4. The van der Waals surface area contributed by atoms with Gasteiger partial charge in [0.05, 0.1) is 0 Å². The Bertz CT molecular complexity index is 687. The highest BCUT2D eigenvalue weighted by molar-refractivity contribution is 5.79.